The maximum absolute atomic E-state index is 13.1. The number of nitrogens with one attached hydrogen (secondary N) is 1. The van der Waals surface area contributed by atoms with E-state index in [-0.39, 0.29) is 5.82 Å². The van der Waals surface area contributed by atoms with Crippen LogP contribution in [0.3, 0.4) is 0 Å². The Labute approximate surface area is 193 Å². The molecule has 3 nitrogen and oxygen atoms in total. The van der Waals surface area contributed by atoms with Crippen molar-refractivity contribution in [3.8, 4) is 11.5 Å². The van der Waals surface area contributed by atoms with E-state index in [2.05, 4.69) is 27.9 Å². The van der Waals surface area contributed by atoms with Gasteiger partial charge in [-0.05, 0) is 83.1 Å². The highest BCUT2D eigenvalue weighted by atomic mass is 127. The lowest BCUT2D eigenvalue weighted by Crippen LogP contribution is -2.05. The van der Waals surface area contributed by atoms with Gasteiger partial charge >= 0.3 is 0 Å². The van der Waals surface area contributed by atoms with Gasteiger partial charge in [0.15, 0.2) is 11.5 Å². The normalized spacial score (nSPS) is 10.7. The van der Waals surface area contributed by atoms with Crippen molar-refractivity contribution in [3.05, 3.63) is 85.2 Å². The van der Waals surface area contributed by atoms with Crippen molar-refractivity contribution in [3.63, 3.8) is 0 Å². The van der Waals surface area contributed by atoms with Gasteiger partial charge in [0.1, 0.15) is 12.4 Å². The van der Waals surface area contributed by atoms with Gasteiger partial charge in [0, 0.05) is 12.2 Å². The van der Waals surface area contributed by atoms with E-state index in [1.165, 1.54) is 12.1 Å². The first-order valence-corrected chi connectivity index (χ1v) is 10.8. The molecular weight excluding hydrogens is 527 g/mol. The maximum atomic E-state index is 13.1. The maximum Gasteiger partial charge on any atom is 0.174 e. The molecule has 1 N–H and O–H groups in total. The Bertz CT molecular complexity index is 983. The molecule has 0 heterocycles. The van der Waals surface area contributed by atoms with Crippen molar-refractivity contribution in [1.29, 1.82) is 0 Å². The first kappa shape index (κ1) is 22.0. The molecule has 0 saturated heterocycles. The van der Waals surface area contributed by atoms with Crippen LogP contribution in [0, 0.1) is 9.39 Å². The van der Waals surface area contributed by atoms with Gasteiger partial charge in [-0.2, -0.15) is 0 Å². The van der Waals surface area contributed by atoms with E-state index in [1.807, 2.05) is 25.1 Å². The molecule has 0 unspecified atom stereocenters. The second-order valence-corrected chi connectivity index (χ2v) is 8.21. The Morgan fingerprint density at radius 1 is 0.931 bits per heavy atom. The second kappa shape index (κ2) is 10.4. The van der Waals surface area contributed by atoms with Gasteiger partial charge in [-0.1, -0.05) is 35.3 Å². The van der Waals surface area contributed by atoms with E-state index in [1.54, 1.807) is 24.3 Å². The van der Waals surface area contributed by atoms with Crippen LogP contribution in [0.2, 0.25) is 10.0 Å². The summed E-state index contributed by atoms with van der Waals surface area (Å²) in [4.78, 5) is 0. The molecule has 29 heavy (non-hydrogen) atoms. The molecule has 0 fully saturated rings. The summed E-state index contributed by atoms with van der Waals surface area (Å²) in [6.07, 6.45) is 0. The van der Waals surface area contributed by atoms with Crippen molar-refractivity contribution in [2.45, 2.75) is 20.1 Å². The van der Waals surface area contributed by atoms with Crippen molar-refractivity contribution < 1.29 is 13.9 Å². The average molecular weight is 546 g/mol. The third kappa shape index (κ3) is 6.14. The predicted molar refractivity (Wildman–Crippen MR) is 125 cm³/mol. The van der Waals surface area contributed by atoms with Crippen LogP contribution in [-0.4, -0.2) is 6.61 Å². The summed E-state index contributed by atoms with van der Waals surface area (Å²) >= 11 is 14.3. The summed E-state index contributed by atoms with van der Waals surface area (Å²) in [5.41, 5.74) is 2.80. The lowest BCUT2D eigenvalue weighted by Gasteiger charge is -2.16. The van der Waals surface area contributed by atoms with E-state index in [4.69, 9.17) is 32.7 Å². The van der Waals surface area contributed by atoms with Crippen LogP contribution in [0.5, 0.6) is 11.5 Å². The summed E-state index contributed by atoms with van der Waals surface area (Å²) in [5.74, 6) is 1.08. The fraction of sp³-hybridized carbons (Fsp3) is 0.182. The molecule has 0 aliphatic heterocycles. The van der Waals surface area contributed by atoms with Crippen LogP contribution in [0.25, 0.3) is 0 Å². The quantitative estimate of drug-likeness (QED) is 0.301. The highest BCUT2D eigenvalue weighted by molar-refractivity contribution is 14.1. The molecular formula is C22H19Cl2FINO2. The number of hydrogen-bond donors (Lipinski definition) is 1. The third-order valence-corrected chi connectivity index (χ3v) is 5.62. The molecule has 3 aromatic carbocycles. The highest BCUT2D eigenvalue weighted by Gasteiger charge is 2.13. The van der Waals surface area contributed by atoms with Gasteiger partial charge in [0.05, 0.1) is 20.2 Å². The first-order valence-electron chi connectivity index (χ1n) is 8.97. The summed E-state index contributed by atoms with van der Waals surface area (Å²) in [6.45, 7) is 3.37. The van der Waals surface area contributed by atoms with Gasteiger partial charge in [-0.15, -0.1) is 0 Å². The number of anilines is 1. The SMILES string of the molecule is CCOc1cc(CNc2ccc(Cl)c(Cl)c2)cc(I)c1OCc1ccc(F)cc1. The Hall–Kier alpha value is -1.70. The number of benzene rings is 3. The lowest BCUT2D eigenvalue weighted by atomic mass is 10.2. The smallest absolute Gasteiger partial charge is 0.174 e. The van der Waals surface area contributed by atoms with Crippen molar-refractivity contribution in [2.24, 2.45) is 0 Å². The zero-order valence-electron chi connectivity index (χ0n) is 15.6. The van der Waals surface area contributed by atoms with E-state index in [0.717, 1.165) is 20.4 Å². The average Bonchev–Trinajstić information content (AvgIpc) is 2.70. The molecule has 0 aliphatic carbocycles. The van der Waals surface area contributed by atoms with Crippen LogP contribution < -0.4 is 14.8 Å². The van der Waals surface area contributed by atoms with E-state index in [9.17, 15) is 4.39 Å². The standard InChI is InChI=1S/C22H19Cl2FINO2/c1-2-28-21-10-15(12-27-17-7-8-18(23)19(24)11-17)9-20(26)22(21)29-13-14-3-5-16(25)6-4-14/h3-11,27H,2,12-13H2,1H3. The fourth-order valence-corrected chi connectivity index (χ4v) is 3.79. The van der Waals surface area contributed by atoms with E-state index >= 15 is 0 Å². The van der Waals surface area contributed by atoms with Gasteiger partial charge in [-0.25, -0.2) is 4.39 Å². The van der Waals surface area contributed by atoms with E-state index < -0.39 is 0 Å². The fourth-order valence-electron chi connectivity index (χ4n) is 2.67. The van der Waals surface area contributed by atoms with Crippen molar-refractivity contribution in [1.82, 2.24) is 0 Å². The van der Waals surface area contributed by atoms with Gasteiger partial charge in [0.25, 0.3) is 0 Å². The zero-order chi connectivity index (χ0) is 20.8. The molecule has 0 aliphatic rings. The molecule has 0 spiro atoms. The number of hydrogen-bond acceptors (Lipinski definition) is 3. The van der Waals surface area contributed by atoms with Crippen LogP contribution in [0.1, 0.15) is 18.1 Å². The monoisotopic (exact) mass is 545 g/mol. The van der Waals surface area contributed by atoms with Gasteiger partial charge in [0.2, 0.25) is 0 Å². The predicted octanol–water partition coefficient (Wildman–Crippen LogP) is 7.33. The Balaban J connectivity index is 1.74. The highest BCUT2D eigenvalue weighted by Crippen LogP contribution is 2.35. The minimum Gasteiger partial charge on any atom is -0.490 e. The molecule has 152 valence electrons. The molecule has 3 aromatic rings. The summed E-state index contributed by atoms with van der Waals surface area (Å²) in [5, 5.41) is 4.36. The van der Waals surface area contributed by atoms with Crippen LogP contribution in [0.4, 0.5) is 10.1 Å². The molecule has 0 bridgehead atoms. The Morgan fingerprint density at radius 2 is 1.69 bits per heavy atom. The number of ether oxygens (including phenoxy) is 2. The third-order valence-electron chi connectivity index (χ3n) is 4.08. The zero-order valence-corrected chi connectivity index (χ0v) is 19.3. The largest absolute Gasteiger partial charge is 0.490 e. The van der Waals surface area contributed by atoms with Crippen LogP contribution in [-0.2, 0) is 13.2 Å². The molecule has 3 rings (SSSR count). The molecule has 0 atom stereocenters. The number of rotatable bonds is 8. The van der Waals surface area contributed by atoms with Crippen LogP contribution >= 0.6 is 45.8 Å². The lowest BCUT2D eigenvalue weighted by molar-refractivity contribution is 0.267. The molecule has 0 radical (unpaired) electrons. The number of halogens is 4. The Morgan fingerprint density at radius 3 is 2.38 bits per heavy atom. The topological polar surface area (TPSA) is 30.5 Å². The first-order chi connectivity index (χ1) is 14.0. The minimum atomic E-state index is -0.267. The second-order valence-electron chi connectivity index (χ2n) is 6.24. The van der Waals surface area contributed by atoms with Gasteiger partial charge < -0.3 is 14.8 Å². The van der Waals surface area contributed by atoms with Crippen molar-refractivity contribution >= 4 is 51.5 Å². The molecule has 7 heteroatoms. The summed E-state index contributed by atoms with van der Waals surface area (Å²) in [6, 6.07) is 15.7. The minimum absolute atomic E-state index is 0.267. The van der Waals surface area contributed by atoms with Gasteiger partial charge in [-0.3, -0.25) is 0 Å². The van der Waals surface area contributed by atoms with Crippen molar-refractivity contribution in [2.75, 3.05) is 11.9 Å². The molecule has 0 aromatic heterocycles. The summed E-state index contributed by atoms with van der Waals surface area (Å²) in [7, 11) is 0. The summed E-state index contributed by atoms with van der Waals surface area (Å²) < 4.78 is 25.8. The van der Waals surface area contributed by atoms with Crippen LogP contribution in [0.15, 0.2) is 54.6 Å². The Kier molecular flexibility index (Phi) is 7.86. The molecule has 0 amide bonds. The van der Waals surface area contributed by atoms with E-state index in [0.29, 0.717) is 41.3 Å². The molecule has 0 saturated carbocycles.